The normalized spacial score (nSPS) is 11.1. The average Bonchev–Trinajstić information content (AvgIpc) is 2.60. The topological polar surface area (TPSA) is 84.5 Å². The standard InChI is InChI=1S/C17H19ClN2O4S/c1-19-25(22,23)12-14-8-6-13(7-9-14)10-20-17(21)11-24-16-5-3-2-4-15(16)18/h2-9,19H,10-12H2,1H3,(H,20,21). The molecule has 0 radical (unpaired) electrons. The van der Waals surface area contributed by atoms with Crippen molar-refractivity contribution < 1.29 is 17.9 Å². The van der Waals surface area contributed by atoms with Gasteiger partial charge in [0.15, 0.2) is 6.61 Å². The second-order valence-corrected chi connectivity index (χ2v) is 7.61. The maximum Gasteiger partial charge on any atom is 0.258 e. The Morgan fingerprint density at radius 2 is 1.72 bits per heavy atom. The molecule has 0 fully saturated rings. The molecule has 2 aromatic rings. The number of hydrogen-bond acceptors (Lipinski definition) is 4. The van der Waals surface area contributed by atoms with Crippen molar-refractivity contribution in [3.8, 4) is 5.75 Å². The molecule has 0 saturated heterocycles. The lowest BCUT2D eigenvalue weighted by Gasteiger charge is -2.09. The van der Waals surface area contributed by atoms with E-state index in [-0.39, 0.29) is 18.3 Å². The molecule has 0 aliphatic carbocycles. The summed E-state index contributed by atoms with van der Waals surface area (Å²) < 4.78 is 30.6. The molecule has 0 atom stereocenters. The molecule has 6 nitrogen and oxygen atoms in total. The Morgan fingerprint density at radius 3 is 2.36 bits per heavy atom. The molecule has 1 amide bonds. The van der Waals surface area contributed by atoms with Gasteiger partial charge < -0.3 is 10.1 Å². The van der Waals surface area contributed by atoms with E-state index in [2.05, 4.69) is 10.0 Å². The third kappa shape index (κ3) is 6.38. The molecule has 0 saturated carbocycles. The molecule has 0 spiro atoms. The Hall–Kier alpha value is -2.09. The molecule has 0 unspecified atom stereocenters. The summed E-state index contributed by atoms with van der Waals surface area (Å²) in [4.78, 5) is 11.8. The first-order valence-corrected chi connectivity index (χ1v) is 9.56. The molecular weight excluding hydrogens is 364 g/mol. The molecule has 0 heterocycles. The summed E-state index contributed by atoms with van der Waals surface area (Å²) in [5.41, 5.74) is 1.53. The van der Waals surface area contributed by atoms with Crippen LogP contribution in [0.4, 0.5) is 0 Å². The zero-order valence-electron chi connectivity index (χ0n) is 13.7. The van der Waals surface area contributed by atoms with E-state index in [1.807, 2.05) is 0 Å². The van der Waals surface area contributed by atoms with E-state index in [4.69, 9.17) is 16.3 Å². The third-order valence-electron chi connectivity index (χ3n) is 3.38. The van der Waals surface area contributed by atoms with E-state index in [0.717, 1.165) is 5.56 Å². The van der Waals surface area contributed by atoms with Crippen molar-refractivity contribution in [2.45, 2.75) is 12.3 Å². The molecule has 2 N–H and O–H groups in total. The summed E-state index contributed by atoms with van der Waals surface area (Å²) in [5.74, 6) is 0.0955. The van der Waals surface area contributed by atoms with E-state index in [1.54, 1.807) is 48.5 Å². The number of rotatable bonds is 8. The molecule has 0 aliphatic heterocycles. The lowest BCUT2D eigenvalue weighted by atomic mass is 10.1. The van der Waals surface area contributed by atoms with Crippen LogP contribution in [-0.4, -0.2) is 28.0 Å². The number of carbonyl (C=O) groups excluding carboxylic acids is 1. The monoisotopic (exact) mass is 382 g/mol. The van der Waals surface area contributed by atoms with Crippen molar-refractivity contribution in [2.75, 3.05) is 13.7 Å². The van der Waals surface area contributed by atoms with Crippen molar-refractivity contribution in [2.24, 2.45) is 0 Å². The summed E-state index contributed by atoms with van der Waals surface area (Å²) in [5, 5.41) is 3.18. The number of benzene rings is 2. The van der Waals surface area contributed by atoms with Gasteiger partial charge in [0, 0.05) is 6.54 Å². The van der Waals surface area contributed by atoms with Crippen LogP contribution in [0.3, 0.4) is 0 Å². The quantitative estimate of drug-likeness (QED) is 0.732. The SMILES string of the molecule is CNS(=O)(=O)Cc1ccc(CNC(=O)COc2ccccc2Cl)cc1. The first-order valence-electron chi connectivity index (χ1n) is 7.52. The Bertz CT molecular complexity index is 823. The Kier molecular flexibility index (Phi) is 6.81. The Labute approximate surface area is 152 Å². The predicted molar refractivity (Wildman–Crippen MR) is 96.9 cm³/mol. The zero-order valence-corrected chi connectivity index (χ0v) is 15.2. The average molecular weight is 383 g/mol. The summed E-state index contributed by atoms with van der Waals surface area (Å²) in [7, 11) is -1.92. The Balaban J connectivity index is 1.81. The van der Waals surface area contributed by atoms with E-state index >= 15 is 0 Å². The van der Waals surface area contributed by atoms with Gasteiger partial charge in [-0.25, -0.2) is 13.1 Å². The van der Waals surface area contributed by atoms with Gasteiger partial charge >= 0.3 is 0 Å². The summed E-state index contributed by atoms with van der Waals surface area (Å²) >= 11 is 5.95. The predicted octanol–water partition coefficient (Wildman–Crippen LogP) is 2.08. The molecule has 2 rings (SSSR count). The van der Waals surface area contributed by atoms with Crippen LogP contribution in [-0.2, 0) is 27.1 Å². The van der Waals surface area contributed by atoms with Crippen LogP contribution in [0.5, 0.6) is 5.75 Å². The van der Waals surface area contributed by atoms with Crippen LogP contribution >= 0.6 is 11.6 Å². The minimum absolute atomic E-state index is 0.0815. The van der Waals surface area contributed by atoms with Crippen LogP contribution < -0.4 is 14.8 Å². The molecule has 0 bridgehead atoms. The van der Waals surface area contributed by atoms with Gasteiger partial charge in [-0.05, 0) is 30.3 Å². The van der Waals surface area contributed by atoms with E-state index in [0.29, 0.717) is 22.9 Å². The number of halogens is 1. The summed E-state index contributed by atoms with van der Waals surface area (Å²) in [6, 6.07) is 13.9. The smallest absolute Gasteiger partial charge is 0.258 e. The number of sulfonamides is 1. The van der Waals surface area contributed by atoms with E-state index in [9.17, 15) is 13.2 Å². The highest BCUT2D eigenvalue weighted by Gasteiger charge is 2.09. The maximum atomic E-state index is 11.8. The minimum Gasteiger partial charge on any atom is -0.482 e. The maximum absolute atomic E-state index is 11.8. The lowest BCUT2D eigenvalue weighted by molar-refractivity contribution is -0.123. The van der Waals surface area contributed by atoms with Crippen LogP contribution in [0.25, 0.3) is 0 Å². The second kappa shape index (κ2) is 8.84. The highest BCUT2D eigenvalue weighted by atomic mass is 35.5. The number of carbonyl (C=O) groups is 1. The fraction of sp³-hybridized carbons (Fsp3) is 0.235. The minimum atomic E-state index is -3.30. The summed E-state index contributed by atoms with van der Waals surface area (Å²) in [6.45, 7) is 0.187. The van der Waals surface area contributed by atoms with Crippen molar-refractivity contribution in [1.82, 2.24) is 10.0 Å². The number of nitrogens with one attached hydrogen (secondary N) is 2. The van der Waals surface area contributed by atoms with Gasteiger partial charge in [-0.15, -0.1) is 0 Å². The van der Waals surface area contributed by atoms with Gasteiger partial charge in [0.1, 0.15) is 5.75 Å². The zero-order chi connectivity index (χ0) is 18.3. The first-order chi connectivity index (χ1) is 11.9. The van der Waals surface area contributed by atoms with Crippen molar-refractivity contribution >= 4 is 27.5 Å². The molecular formula is C17H19ClN2O4S. The Morgan fingerprint density at radius 1 is 1.08 bits per heavy atom. The van der Waals surface area contributed by atoms with Gasteiger partial charge in [0.25, 0.3) is 5.91 Å². The number of amides is 1. The molecule has 2 aromatic carbocycles. The highest BCUT2D eigenvalue weighted by molar-refractivity contribution is 7.88. The molecule has 0 aromatic heterocycles. The fourth-order valence-corrected chi connectivity index (χ4v) is 2.97. The van der Waals surface area contributed by atoms with E-state index < -0.39 is 10.0 Å². The molecule has 8 heteroatoms. The molecule has 25 heavy (non-hydrogen) atoms. The van der Waals surface area contributed by atoms with Crippen LogP contribution in [0, 0.1) is 0 Å². The van der Waals surface area contributed by atoms with Gasteiger partial charge in [-0.3, -0.25) is 4.79 Å². The largest absolute Gasteiger partial charge is 0.482 e. The van der Waals surface area contributed by atoms with Crippen molar-refractivity contribution in [3.63, 3.8) is 0 Å². The van der Waals surface area contributed by atoms with Gasteiger partial charge in [-0.2, -0.15) is 0 Å². The van der Waals surface area contributed by atoms with Crippen molar-refractivity contribution in [1.29, 1.82) is 0 Å². The van der Waals surface area contributed by atoms with Crippen LogP contribution in [0.1, 0.15) is 11.1 Å². The van der Waals surface area contributed by atoms with Crippen LogP contribution in [0.2, 0.25) is 5.02 Å². The van der Waals surface area contributed by atoms with Crippen molar-refractivity contribution in [3.05, 3.63) is 64.7 Å². The number of para-hydroxylation sites is 1. The number of ether oxygens (including phenoxy) is 1. The fourth-order valence-electron chi connectivity index (χ4n) is 2.00. The van der Waals surface area contributed by atoms with E-state index in [1.165, 1.54) is 7.05 Å². The highest BCUT2D eigenvalue weighted by Crippen LogP contribution is 2.22. The first kappa shape index (κ1) is 19.2. The summed E-state index contributed by atoms with van der Waals surface area (Å²) in [6.07, 6.45) is 0. The third-order valence-corrected chi connectivity index (χ3v) is 5.02. The van der Waals surface area contributed by atoms with Gasteiger partial charge in [0.05, 0.1) is 10.8 Å². The second-order valence-electron chi connectivity index (χ2n) is 5.28. The lowest BCUT2D eigenvalue weighted by Crippen LogP contribution is -2.28. The molecule has 0 aliphatic rings. The molecule has 134 valence electrons. The van der Waals surface area contributed by atoms with Crippen LogP contribution in [0.15, 0.2) is 48.5 Å². The van der Waals surface area contributed by atoms with Gasteiger partial charge in [-0.1, -0.05) is 48.0 Å². The number of hydrogen-bond donors (Lipinski definition) is 2. The van der Waals surface area contributed by atoms with Gasteiger partial charge in [0.2, 0.25) is 10.0 Å².